The molecule has 0 aliphatic heterocycles. The molecule has 0 saturated heterocycles. The molecule has 0 aliphatic rings. The lowest BCUT2D eigenvalue weighted by atomic mass is 10.1. The fraction of sp³-hybridized carbons (Fsp3) is 0.833. The topological polar surface area (TPSA) is 72.6 Å². The molecule has 60 valence electrons. The third-order valence-corrected chi connectivity index (χ3v) is 1.13. The molecule has 0 aliphatic carbocycles. The molecular formula is C6H13NO3. The number of rotatable bonds is 4. The van der Waals surface area contributed by atoms with Gasteiger partial charge in [-0.05, 0) is 12.3 Å². The lowest BCUT2D eigenvalue weighted by Gasteiger charge is -2.07. The van der Waals surface area contributed by atoms with Crippen molar-refractivity contribution >= 4 is 6.09 Å². The summed E-state index contributed by atoms with van der Waals surface area (Å²) in [5, 5.41) is 8.43. The highest BCUT2D eigenvalue weighted by Gasteiger charge is 2.02. The summed E-state index contributed by atoms with van der Waals surface area (Å²) in [6.45, 7) is 2.28. The average molecular weight is 147 g/mol. The Kier molecular flexibility index (Phi) is 4.66. The van der Waals surface area contributed by atoms with E-state index in [1.807, 2.05) is 6.92 Å². The van der Waals surface area contributed by atoms with Crippen molar-refractivity contribution in [3.8, 4) is 0 Å². The number of aliphatic hydroxyl groups excluding tert-OH is 1. The largest absolute Gasteiger partial charge is 0.449 e. The maximum absolute atomic E-state index is 10.0. The fourth-order valence-electron chi connectivity index (χ4n) is 0.528. The molecule has 0 aromatic heterocycles. The second-order valence-electron chi connectivity index (χ2n) is 2.25. The molecule has 4 nitrogen and oxygen atoms in total. The van der Waals surface area contributed by atoms with Crippen LogP contribution in [0.4, 0.5) is 4.79 Å². The van der Waals surface area contributed by atoms with E-state index in [2.05, 4.69) is 4.74 Å². The molecule has 1 atom stereocenters. The summed E-state index contributed by atoms with van der Waals surface area (Å²) >= 11 is 0. The van der Waals surface area contributed by atoms with Crippen molar-refractivity contribution < 1.29 is 14.6 Å². The highest BCUT2D eigenvalue weighted by molar-refractivity contribution is 5.64. The molecule has 0 bridgehead atoms. The average Bonchev–Trinajstić information content (AvgIpc) is 1.85. The number of hydrogen-bond donors (Lipinski definition) is 2. The molecular weight excluding hydrogens is 134 g/mol. The van der Waals surface area contributed by atoms with E-state index in [-0.39, 0.29) is 19.1 Å². The summed E-state index contributed by atoms with van der Waals surface area (Å²) in [5.41, 5.74) is 4.71. The Morgan fingerprint density at radius 3 is 2.80 bits per heavy atom. The van der Waals surface area contributed by atoms with E-state index < -0.39 is 6.09 Å². The summed E-state index contributed by atoms with van der Waals surface area (Å²) in [5.74, 6) is 0.178. The van der Waals surface area contributed by atoms with Gasteiger partial charge in [0, 0.05) is 6.61 Å². The Labute approximate surface area is 60.0 Å². The third-order valence-electron chi connectivity index (χ3n) is 1.13. The van der Waals surface area contributed by atoms with Gasteiger partial charge in [0.15, 0.2) is 0 Å². The van der Waals surface area contributed by atoms with Crippen molar-refractivity contribution in [3.05, 3.63) is 0 Å². The lowest BCUT2D eigenvalue weighted by molar-refractivity contribution is 0.130. The Hall–Kier alpha value is -0.770. The summed E-state index contributed by atoms with van der Waals surface area (Å²) in [6, 6.07) is 0. The molecule has 1 amide bonds. The van der Waals surface area contributed by atoms with Gasteiger partial charge in [0.2, 0.25) is 0 Å². The number of hydrogen-bond acceptors (Lipinski definition) is 3. The number of primary amides is 1. The Morgan fingerprint density at radius 1 is 1.80 bits per heavy atom. The normalized spacial score (nSPS) is 12.6. The van der Waals surface area contributed by atoms with Crippen LogP contribution in [0.3, 0.4) is 0 Å². The predicted molar refractivity (Wildman–Crippen MR) is 36.4 cm³/mol. The lowest BCUT2D eigenvalue weighted by Crippen LogP contribution is -2.17. The first kappa shape index (κ1) is 9.23. The van der Waals surface area contributed by atoms with Gasteiger partial charge in [-0.2, -0.15) is 0 Å². The number of ether oxygens (including phenoxy) is 1. The van der Waals surface area contributed by atoms with E-state index in [4.69, 9.17) is 10.8 Å². The minimum Gasteiger partial charge on any atom is -0.449 e. The van der Waals surface area contributed by atoms with Gasteiger partial charge in [-0.3, -0.25) is 0 Å². The zero-order valence-electron chi connectivity index (χ0n) is 6.04. The molecule has 0 aromatic rings. The smallest absolute Gasteiger partial charge is 0.404 e. The first-order valence-electron chi connectivity index (χ1n) is 3.20. The Bertz CT molecular complexity index is 105. The van der Waals surface area contributed by atoms with Gasteiger partial charge in [-0.15, -0.1) is 0 Å². The van der Waals surface area contributed by atoms with Gasteiger partial charge in [-0.1, -0.05) is 6.92 Å². The van der Waals surface area contributed by atoms with Crippen molar-refractivity contribution in [2.75, 3.05) is 13.2 Å². The summed E-state index contributed by atoms with van der Waals surface area (Å²) in [4.78, 5) is 10.0. The van der Waals surface area contributed by atoms with Crippen LogP contribution in [0.5, 0.6) is 0 Å². The van der Waals surface area contributed by atoms with Crippen LogP contribution in [0.2, 0.25) is 0 Å². The van der Waals surface area contributed by atoms with E-state index >= 15 is 0 Å². The molecule has 10 heavy (non-hydrogen) atoms. The molecule has 0 rings (SSSR count). The van der Waals surface area contributed by atoms with Crippen molar-refractivity contribution in [3.63, 3.8) is 0 Å². The van der Waals surface area contributed by atoms with Crippen LogP contribution in [0.15, 0.2) is 0 Å². The van der Waals surface area contributed by atoms with Crippen LogP contribution in [0, 0.1) is 5.92 Å². The molecule has 0 heterocycles. The third kappa shape index (κ3) is 5.37. The van der Waals surface area contributed by atoms with Gasteiger partial charge in [0.05, 0.1) is 6.61 Å². The van der Waals surface area contributed by atoms with E-state index in [9.17, 15) is 4.79 Å². The van der Waals surface area contributed by atoms with Crippen molar-refractivity contribution in [1.29, 1.82) is 0 Å². The SMILES string of the molecule is CC(CCO)COC(N)=O. The zero-order chi connectivity index (χ0) is 7.98. The van der Waals surface area contributed by atoms with Crippen LogP contribution in [0.25, 0.3) is 0 Å². The fourth-order valence-corrected chi connectivity index (χ4v) is 0.528. The predicted octanol–water partition coefficient (Wildman–Crippen LogP) is 0.100. The minimum absolute atomic E-state index is 0.114. The highest BCUT2D eigenvalue weighted by Crippen LogP contribution is 2.00. The van der Waals surface area contributed by atoms with E-state index in [1.165, 1.54) is 0 Å². The van der Waals surface area contributed by atoms with Crippen LogP contribution < -0.4 is 5.73 Å². The number of nitrogens with two attached hydrogens (primary N) is 1. The molecule has 0 fully saturated rings. The van der Waals surface area contributed by atoms with Crippen LogP contribution in [0.1, 0.15) is 13.3 Å². The Balaban J connectivity index is 3.21. The van der Waals surface area contributed by atoms with Crippen LogP contribution >= 0.6 is 0 Å². The van der Waals surface area contributed by atoms with Crippen molar-refractivity contribution in [2.24, 2.45) is 11.7 Å². The van der Waals surface area contributed by atoms with Gasteiger partial charge < -0.3 is 15.6 Å². The molecule has 3 N–H and O–H groups in total. The maximum atomic E-state index is 10.0. The summed E-state index contributed by atoms with van der Waals surface area (Å²) in [7, 11) is 0. The Morgan fingerprint density at radius 2 is 2.40 bits per heavy atom. The molecule has 4 heteroatoms. The second-order valence-corrected chi connectivity index (χ2v) is 2.25. The maximum Gasteiger partial charge on any atom is 0.404 e. The van der Waals surface area contributed by atoms with Gasteiger partial charge in [-0.25, -0.2) is 4.79 Å². The molecule has 1 unspecified atom stereocenters. The number of carbonyl (C=O) groups is 1. The second kappa shape index (κ2) is 5.05. The monoisotopic (exact) mass is 147 g/mol. The first-order valence-corrected chi connectivity index (χ1v) is 3.20. The van der Waals surface area contributed by atoms with Crippen LogP contribution in [-0.2, 0) is 4.74 Å². The molecule has 0 aromatic carbocycles. The number of aliphatic hydroxyl groups is 1. The summed E-state index contributed by atoms with van der Waals surface area (Å²) < 4.78 is 4.48. The molecule has 0 spiro atoms. The highest BCUT2D eigenvalue weighted by atomic mass is 16.5. The van der Waals surface area contributed by atoms with Gasteiger partial charge in [0.1, 0.15) is 0 Å². The molecule has 0 radical (unpaired) electrons. The zero-order valence-corrected chi connectivity index (χ0v) is 6.04. The van der Waals surface area contributed by atoms with E-state index in [0.29, 0.717) is 6.42 Å². The number of carbonyl (C=O) groups excluding carboxylic acids is 1. The minimum atomic E-state index is -0.759. The van der Waals surface area contributed by atoms with Crippen molar-refractivity contribution in [1.82, 2.24) is 0 Å². The van der Waals surface area contributed by atoms with Gasteiger partial charge >= 0.3 is 6.09 Å². The van der Waals surface area contributed by atoms with Crippen molar-refractivity contribution in [2.45, 2.75) is 13.3 Å². The van der Waals surface area contributed by atoms with Gasteiger partial charge in [0.25, 0.3) is 0 Å². The quantitative estimate of drug-likeness (QED) is 0.592. The van der Waals surface area contributed by atoms with Crippen LogP contribution in [-0.4, -0.2) is 24.4 Å². The summed E-state index contributed by atoms with van der Waals surface area (Å²) in [6.07, 6.45) is -0.127. The first-order chi connectivity index (χ1) is 4.66. The number of amides is 1. The standard InChI is InChI=1S/C6H13NO3/c1-5(2-3-8)4-10-6(7)9/h5,8H,2-4H2,1H3,(H2,7,9). The van der Waals surface area contributed by atoms with E-state index in [0.717, 1.165) is 0 Å². The van der Waals surface area contributed by atoms with E-state index in [1.54, 1.807) is 0 Å². The molecule has 0 saturated carbocycles.